The Morgan fingerprint density at radius 2 is 0.852 bits per heavy atom. The van der Waals surface area contributed by atoms with E-state index in [9.17, 15) is 0 Å². The molecule has 11 rings (SSSR count). The number of hydrogen-bond acceptors (Lipinski definition) is 2. The molecule has 10 aromatic carbocycles. The quantitative estimate of drug-likeness (QED) is 0.149. The fourth-order valence-electron chi connectivity index (χ4n) is 9.97. The minimum Gasteiger partial charge on any atom is -0.310 e. The third-order valence-electron chi connectivity index (χ3n) is 13.1. The second-order valence-corrected chi connectivity index (χ2v) is 18.2. The van der Waals surface area contributed by atoms with Gasteiger partial charge in [-0.25, -0.2) is 0 Å². The standard InChI is InChI=1S/C59H48N2/c1-58(2,3)42-34-40-27-31-50-52(38-55(51-32-28-41(35-42)56(40)57(50)51)61(45-22-14-8-15-23-45)46-24-16-9-17-25-46)39-26-30-48-49-33-29-47(37-54(49)59(4,5)53(48)36-39)60(43-18-10-6-11-19-43)44-20-12-7-13-21-44/h6-38H,1-5H3. The smallest absolute Gasteiger partial charge is 0.0546 e. The van der Waals surface area contributed by atoms with Crippen molar-refractivity contribution in [3.8, 4) is 22.3 Å². The molecule has 1 aliphatic rings. The van der Waals surface area contributed by atoms with Crippen molar-refractivity contribution in [2.24, 2.45) is 0 Å². The van der Waals surface area contributed by atoms with Gasteiger partial charge >= 0.3 is 0 Å². The molecular formula is C59H48N2. The second kappa shape index (κ2) is 14.0. The Labute approximate surface area is 359 Å². The van der Waals surface area contributed by atoms with E-state index >= 15 is 0 Å². The summed E-state index contributed by atoms with van der Waals surface area (Å²) >= 11 is 0. The Morgan fingerprint density at radius 3 is 1.38 bits per heavy atom. The van der Waals surface area contributed by atoms with Crippen LogP contribution in [-0.4, -0.2) is 0 Å². The highest BCUT2D eigenvalue weighted by Gasteiger charge is 2.37. The molecule has 0 N–H and O–H groups in total. The fourth-order valence-corrected chi connectivity index (χ4v) is 9.97. The van der Waals surface area contributed by atoms with E-state index in [0.29, 0.717) is 0 Å². The number of fused-ring (bicyclic) bond motifs is 3. The van der Waals surface area contributed by atoms with Crippen LogP contribution in [0.4, 0.5) is 34.1 Å². The van der Waals surface area contributed by atoms with Gasteiger partial charge in [0, 0.05) is 44.6 Å². The van der Waals surface area contributed by atoms with Gasteiger partial charge in [-0.1, -0.05) is 162 Å². The van der Waals surface area contributed by atoms with Crippen molar-refractivity contribution in [1.82, 2.24) is 0 Å². The van der Waals surface area contributed by atoms with E-state index in [1.807, 2.05) is 0 Å². The first-order valence-electron chi connectivity index (χ1n) is 21.5. The molecule has 10 aromatic rings. The first-order chi connectivity index (χ1) is 29.6. The summed E-state index contributed by atoms with van der Waals surface area (Å²) in [7, 11) is 0. The van der Waals surface area contributed by atoms with Gasteiger partial charge < -0.3 is 9.80 Å². The normalized spacial score (nSPS) is 13.1. The molecule has 0 radical (unpaired) electrons. The summed E-state index contributed by atoms with van der Waals surface area (Å²) in [5.74, 6) is 0. The lowest BCUT2D eigenvalue weighted by atomic mass is 9.80. The lowest BCUT2D eigenvalue weighted by molar-refractivity contribution is 0.591. The highest BCUT2D eigenvalue weighted by atomic mass is 15.1. The molecule has 2 heteroatoms. The van der Waals surface area contributed by atoms with Crippen LogP contribution < -0.4 is 9.80 Å². The van der Waals surface area contributed by atoms with Crippen LogP contribution in [0.3, 0.4) is 0 Å². The Balaban J connectivity index is 1.13. The van der Waals surface area contributed by atoms with Crippen LogP contribution in [0, 0.1) is 0 Å². The minimum atomic E-state index is -0.230. The molecule has 1 aliphatic carbocycles. The molecule has 61 heavy (non-hydrogen) atoms. The van der Waals surface area contributed by atoms with Crippen molar-refractivity contribution in [1.29, 1.82) is 0 Å². The van der Waals surface area contributed by atoms with E-state index in [1.54, 1.807) is 0 Å². The van der Waals surface area contributed by atoms with Crippen molar-refractivity contribution in [3.63, 3.8) is 0 Å². The van der Waals surface area contributed by atoms with Crippen molar-refractivity contribution < 1.29 is 0 Å². The Kier molecular flexibility index (Phi) is 8.44. The number of benzene rings is 10. The average Bonchev–Trinajstić information content (AvgIpc) is 3.51. The molecular weight excluding hydrogens is 737 g/mol. The predicted molar refractivity (Wildman–Crippen MR) is 261 cm³/mol. The predicted octanol–water partition coefficient (Wildman–Crippen LogP) is 16.8. The molecule has 0 atom stereocenters. The monoisotopic (exact) mass is 784 g/mol. The highest BCUT2D eigenvalue weighted by molar-refractivity contribution is 6.28. The van der Waals surface area contributed by atoms with Crippen molar-refractivity contribution in [2.45, 2.75) is 45.4 Å². The second-order valence-electron chi connectivity index (χ2n) is 18.2. The first-order valence-corrected chi connectivity index (χ1v) is 21.5. The van der Waals surface area contributed by atoms with Gasteiger partial charge in [-0.05, 0) is 139 Å². The van der Waals surface area contributed by atoms with Crippen LogP contribution in [0.1, 0.15) is 51.3 Å². The molecule has 0 spiro atoms. The zero-order chi connectivity index (χ0) is 41.5. The van der Waals surface area contributed by atoms with E-state index in [0.717, 1.165) is 28.4 Å². The minimum absolute atomic E-state index is 0.0368. The summed E-state index contributed by atoms with van der Waals surface area (Å²) < 4.78 is 0. The molecule has 0 amide bonds. The molecule has 0 heterocycles. The highest BCUT2D eigenvalue weighted by Crippen LogP contribution is 2.53. The van der Waals surface area contributed by atoms with Gasteiger partial charge in [0.05, 0.1) is 5.69 Å². The van der Waals surface area contributed by atoms with Crippen LogP contribution in [0.25, 0.3) is 54.6 Å². The molecule has 0 saturated carbocycles. The van der Waals surface area contributed by atoms with Gasteiger partial charge in [-0.2, -0.15) is 0 Å². The number of nitrogens with zero attached hydrogens (tertiary/aromatic N) is 2. The number of hydrogen-bond donors (Lipinski definition) is 0. The average molecular weight is 785 g/mol. The lowest BCUT2D eigenvalue weighted by Crippen LogP contribution is -2.16. The number of anilines is 6. The first kappa shape index (κ1) is 36.9. The fraction of sp³-hybridized carbons (Fsp3) is 0.119. The summed E-state index contributed by atoms with van der Waals surface area (Å²) in [6.45, 7) is 11.7. The summed E-state index contributed by atoms with van der Waals surface area (Å²) in [4.78, 5) is 4.81. The molecule has 0 bridgehead atoms. The third-order valence-corrected chi connectivity index (χ3v) is 13.1. The number of para-hydroxylation sites is 4. The number of rotatable bonds is 7. The summed E-state index contributed by atoms with van der Waals surface area (Å²) in [6.07, 6.45) is 0. The van der Waals surface area contributed by atoms with E-state index in [1.165, 1.54) is 76.9 Å². The van der Waals surface area contributed by atoms with Gasteiger partial charge in [-0.3, -0.25) is 0 Å². The molecule has 0 aliphatic heterocycles. The van der Waals surface area contributed by atoms with Gasteiger partial charge in [0.25, 0.3) is 0 Å². The van der Waals surface area contributed by atoms with Gasteiger partial charge in [0.2, 0.25) is 0 Å². The molecule has 0 aromatic heterocycles. The molecule has 0 fully saturated rings. The summed E-state index contributed by atoms with van der Waals surface area (Å²) in [5, 5.41) is 7.74. The molecule has 0 unspecified atom stereocenters. The topological polar surface area (TPSA) is 6.48 Å². The van der Waals surface area contributed by atoms with Crippen LogP contribution in [-0.2, 0) is 10.8 Å². The summed E-state index contributed by atoms with van der Waals surface area (Å²) in [6, 6.07) is 74.1. The lowest BCUT2D eigenvalue weighted by Gasteiger charge is -2.29. The molecule has 2 nitrogen and oxygen atoms in total. The maximum atomic E-state index is 2.49. The Hall–Kier alpha value is -7.16. The van der Waals surface area contributed by atoms with Crippen LogP contribution in [0.5, 0.6) is 0 Å². The van der Waals surface area contributed by atoms with Crippen LogP contribution in [0.2, 0.25) is 0 Å². The van der Waals surface area contributed by atoms with Crippen molar-refractivity contribution in [2.75, 3.05) is 9.80 Å². The van der Waals surface area contributed by atoms with Crippen LogP contribution in [0.15, 0.2) is 200 Å². The van der Waals surface area contributed by atoms with Gasteiger partial charge in [0.15, 0.2) is 0 Å². The zero-order valence-corrected chi connectivity index (χ0v) is 35.4. The van der Waals surface area contributed by atoms with Gasteiger partial charge in [0.1, 0.15) is 0 Å². The third kappa shape index (κ3) is 6.00. The van der Waals surface area contributed by atoms with Crippen molar-refractivity contribution >= 4 is 66.4 Å². The van der Waals surface area contributed by atoms with E-state index in [-0.39, 0.29) is 10.8 Å². The van der Waals surface area contributed by atoms with Gasteiger partial charge in [-0.15, -0.1) is 0 Å². The Bertz CT molecular complexity index is 3140. The van der Waals surface area contributed by atoms with Crippen LogP contribution >= 0.6 is 0 Å². The molecule has 0 saturated heterocycles. The van der Waals surface area contributed by atoms with E-state index < -0.39 is 0 Å². The van der Waals surface area contributed by atoms with Crippen molar-refractivity contribution in [3.05, 3.63) is 217 Å². The van der Waals surface area contributed by atoms with E-state index in [2.05, 4.69) is 245 Å². The summed E-state index contributed by atoms with van der Waals surface area (Å²) in [5.41, 5.74) is 15.8. The zero-order valence-electron chi connectivity index (χ0n) is 35.4. The SMILES string of the molecule is CC(C)(C)c1cc2ccc3c(-c4ccc5c(c4)C(C)(C)c4cc(N(c6ccccc6)c6ccccc6)ccc4-5)cc(N(c4ccccc4)c4ccccc4)c4ccc(c1)c2c34. The Morgan fingerprint density at radius 1 is 0.377 bits per heavy atom. The maximum absolute atomic E-state index is 2.49. The maximum Gasteiger partial charge on any atom is 0.0546 e. The van der Waals surface area contributed by atoms with E-state index in [4.69, 9.17) is 0 Å². The largest absolute Gasteiger partial charge is 0.310 e. The molecule has 294 valence electrons.